The van der Waals surface area contributed by atoms with Gasteiger partial charge in [-0.25, -0.2) is 0 Å². The second kappa shape index (κ2) is 5.15. The third-order valence-electron chi connectivity index (χ3n) is 3.95. The van der Waals surface area contributed by atoms with Crippen molar-refractivity contribution in [1.29, 1.82) is 0 Å². The monoisotopic (exact) mass is 226 g/mol. The highest BCUT2D eigenvalue weighted by molar-refractivity contribution is 5.80. The lowest BCUT2D eigenvalue weighted by molar-refractivity contribution is -0.126. The van der Waals surface area contributed by atoms with Gasteiger partial charge in [-0.2, -0.15) is 0 Å². The topological polar surface area (TPSA) is 75.4 Å². The van der Waals surface area contributed by atoms with Crippen molar-refractivity contribution in [2.24, 2.45) is 11.7 Å². The largest absolute Gasteiger partial charge is 0.393 e. The first-order valence-corrected chi connectivity index (χ1v) is 6.41. The number of carbonyl (C=O) groups is 1. The summed E-state index contributed by atoms with van der Waals surface area (Å²) < 4.78 is 0. The minimum atomic E-state index is -0.165. The molecular formula is C12H22N2O2. The van der Waals surface area contributed by atoms with E-state index in [0.29, 0.717) is 0 Å². The van der Waals surface area contributed by atoms with Gasteiger partial charge in [0.1, 0.15) is 0 Å². The molecule has 0 bridgehead atoms. The van der Waals surface area contributed by atoms with Crippen molar-refractivity contribution in [3.05, 3.63) is 0 Å². The van der Waals surface area contributed by atoms with E-state index in [1.54, 1.807) is 0 Å². The van der Waals surface area contributed by atoms with Gasteiger partial charge in [-0.05, 0) is 38.5 Å². The van der Waals surface area contributed by atoms with Gasteiger partial charge in [-0.3, -0.25) is 4.79 Å². The normalized spacial score (nSPS) is 39.6. The molecular weight excluding hydrogens is 204 g/mol. The second-order valence-electron chi connectivity index (χ2n) is 5.22. The predicted molar refractivity (Wildman–Crippen MR) is 61.7 cm³/mol. The van der Waals surface area contributed by atoms with E-state index in [0.717, 1.165) is 44.9 Å². The van der Waals surface area contributed by atoms with Crippen molar-refractivity contribution in [2.45, 2.75) is 63.1 Å². The summed E-state index contributed by atoms with van der Waals surface area (Å²) in [6.07, 6.45) is 6.22. The van der Waals surface area contributed by atoms with Crippen molar-refractivity contribution < 1.29 is 9.90 Å². The average Bonchev–Trinajstić information content (AvgIpc) is 2.68. The molecule has 4 N–H and O–H groups in total. The van der Waals surface area contributed by atoms with Crippen LogP contribution < -0.4 is 11.1 Å². The zero-order valence-electron chi connectivity index (χ0n) is 9.69. The van der Waals surface area contributed by atoms with E-state index in [4.69, 9.17) is 5.73 Å². The Balaban J connectivity index is 1.78. The van der Waals surface area contributed by atoms with Gasteiger partial charge >= 0.3 is 0 Å². The fraction of sp³-hybridized carbons (Fsp3) is 0.917. The molecule has 0 aromatic carbocycles. The van der Waals surface area contributed by atoms with Crippen LogP contribution >= 0.6 is 0 Å². The van der Waals surface area contributed by atoms with Crippen LogP contribution in [-0.4, -0.2) is 29.2 Å². The van der Waals surface area contributed by atoms with Crippen LogP contribution in [0.3, 0.4) is 0 Å². The molecule has 0 aliphatic heterocycles. The molecule has 92 valence electrons. The summed E-state index contributed by atoms with van der Waals surface area (Å²) in [5.74, 6) is 0.151. The maximum Gasteiger partial charge on any atom is 0.224 e. The molecule has 2 aliphatic rings. The third-order valence-corrected chi connectivity index (χ3v) is 3.95. The van der Waals surface area contributed by atoms with Crippen LogP contribution in [0.4, 0.5) is 0 Å². The van der Waals surface area contributed by atoms with Gasteiger partial charge in [0, 0.05) is 12.1 Å². The number of hydrogen-bond donors (Lipinski definition) is 3. The molecule has 2 aliphatic carbocycles. The van der Waals surface area contributed by atoms with Crippen LogP contribution in [0, 0.1) is 5.92 Å². The molecule has 2 atom stereocenters. The second-order valence-corrected chi connectivity index (χ2v) is 5.22. The molecule has 0 aromatic rings. The van der Waals surface area contributed by atoms with Gasteiger partial charge in [-0.15, -0.1) is 0 Å². The average molecular weight is 226 g/mol. The first-order valence-electron chi connectivity index (χ1n) is 6.41. The molecule has 0 aromatic heterocycles. The summed E-state index contributed by atoms with van der Waals surface area (Å²) >= 11 is 0. The Hall–Kier alpha value is -0.610. The van der Waals surface area contributed by atoms with E-state index in [1.807, 2.05) is 0 Å². The zero-order valence-corrected chi connectivity index (χ0v) is 9.69. The Morgan fingerprint density at radius 3 is 2.38 bits per heavy atom. The van der Waals surface area contributed by atoms with Crippen molar-refractivity contribution >= 4 is 5.91 Å². The fourth-order valence-corrected chi connectivity index (χ4v) is 2.84. The highest BCUT2D eigenvalue weighted by Crippen LogP contribution is 2.25. The maximum absolute atomic E-state index is 12.0. The summed E-state index contributed by atoms with van der Waals surface area (Å²) in [5, 5.41) is 12.5. The minimum absolute atomic E-state index is 0.0202. The van der Waals surface area contributed by atoms with Crippen molar-refractivity contribution in [3.8, 4) is 0 Å². The predicted octanol–water partition coefficient (Wildman–Crippen LogP) is 0.533. The number of amides is 1. The van der Waals surface area contributed by atoms with Crippen LogP contribution in [0.25, 0.3) is 0 Å². The number of carbonyl (C=O) groups excluding carboxylic acids is 1. The summed E-state index contributed by atoms with van der Waals surface area (Å²) in [4.78, 5) is 12.0. The van der Waals surface area contributed by atoms with E-state index in [-0.39, 0.29) is 30.0 Å². The molecule has 2 fully saturated rings. The van der Waals surface area contributed by atoms with E-state index < -0.39 is 0 Å². The number of nitrogens with one attached hydrogen (secondary N) is 1. The van der Waals surface area contributed by atoms with Crippen molar-refractivity contribution in [2.75, 3.05) is 0 Å². The Labute approximate surface area is 96.6 Å². The molecule has 2 saturated carbocycles. The van der Waals surface area contributed by atoms with E-state index in [2.05, 4.69) is 5.32 Å². The first kappa shape index (κ1) is 11.9. The van der Waals surface area contributed by atoms with Crippen LogP contribution in [-0.2, 0) is 4.79 Å². The van der Waals surface area contributed by atoms with Gasteiger partial charge < -0.3 is 16.2 Å². The summed E-state index contributed by atoms with van der Waals surface area (Å²) in [5.41, 5.74) is 5.91. The Kier molecular flexibility index (Phi) is 3.82. The van der Waals surface area contributed by atoms with E-state index in [1.165, 1.54) is 0 Å². The van der Waals surface area contributed by atoms with Crippen LogP contribution in [0.2, 0.25) is 0 Å². The Morgan fingerprint density at radius 2 is 1.81 bits per heavy atom. The minimum Gasteiger partial charge on any atom is -0.393 e. The van der Waals surface area contributed by atoms with Crippen LogP contribution in [0.15, 0.2) is 0 Å². The van der Waals surface area contributed by atoms with Crippen LogP contribution in [0.1, 0.15) is 44.9 Å². The fourth-order valence-electron chi connectivity index (χ4n) is 2.84. The highest BCUT2D eigenvalue weighted by atomic mass is 16.3. The van der Waals surface area contributed by atoms with Crippen molar-refractivity contribution in [1.82, 2.24) is 5.32 Å². The number of nitrogens with two attached hydrogens (primary N) is 1. The summed E-state index contributed by atoms with van der Waals surface area (Å²) in [6.45, 7) is 0. The molecule has 0 spiro atoms. The first-order chi connectivity index (χ1) is 7.66. The molecule has 4 nitrogen and oxygen atoms in total. The molecule has 0 heterocycles. The van der Waals surface area contributed by atoms with Crippen LogP contribution in [0.5, 0.6) is 0 Å². The van der Waals surface area contributed by atoms with Gasteiger partial charge in [-0.1, -0.05) is 6.42 Å². The number of hydrogen-bond acceptors (Lipinski definition) is 3. The smallest absolute Gasteiger partial charge is 0.224 e. The number of aliphatic hydroxyl groups is 1. The molecule has 0 saturated heterocycles. The quantitative estimate of drug-likeness (QED) is 0.643. The van der Waals surface area contributed by atoms with E-state index >= 15 is 0 Å². The number of aliphatic hydroxyl groups excluding tert-OH is 1. The number of rotatable bonds is 2. The highest BCUT2D eigenvalue weighted by Gasteiger charge is 2.31. The zero-order chi connectivity index (χ0) is 11.5. The molecule has 1 amide bonds. The van der Waals surface area contributed by atoms with Crippen molar-refractivity contribution in [3.63, 3.8) is 0 Å². The van der Waals surface area contributed by atoms with Gasteiger partial charge in [0.2, 0.25) is 5.91 Å². The molecule has 16 heavy (non-hydrogen) atoms. The SMILES string of the molecule is NC1CCCC1C(=O)NC1CCC(O)CC1. The van der Waals surface area contributed by atoms with Gasteiger partial charge in [0.25, 0.3) is 0 Å². The molecule has 0 radical (unpaired) electrons. The Morgan fingerprint density at radius 1 is 1.12 bits per heavy atom. The van der Waals surface area contributed by atoms with Gasteiger partial charge in [0.15, 0.2) is 0 Å². The maximum atomic E-state index is 12.0. The summed E-state index contributed by atoms with van der Waals surface area (Å²) in [7, 11) is 0. The lowest BCUT2D eigenvalue weighted by atomic mass is 9.92. The molecule has 4 heteroatoms. The lowest BCUT2D eigenvalue weighted by Crippen LogP contribution is -2.45. The lowest BCUT2D eigenvalue weighted by Gasteiger charge is -2.27. The molecule has 2 rings (SSSR count). The van der Waals surface area contributed by atoms with E-state index in [9.17, 15) is 9.90 Å². The molecule has 2 unspecified atom stereocenters. The Bertz CT molecular complexity index is 249. The third kappa shape index (κ3) is 2.74. The van der Waals surface area contributed by atoms with Gasteiger partial charge in [0.05, 0.1) is 12.0 Å². The standard InChI is InChI=1S/C12H22N2O2/c13-11-3-1-2-10(11)12(16)14-8-4-6-9(15)7-5-8/h8-11,15H,1-7,13H2,(H,14,16). The summed E-state index contributed by atoms with van der Waals surface area (Å²) in [6, 6.07) is 0.304.